The van der Waals surface area contributed by atoms with Crippen LogP contribution in [0.5, 0.6) is 0 Å². The van der Waals surface area contributed by atoms with Gasteiger partial charge < -0.3 is 4.90 Å². The van der Waals surface area contributed by atoms with E-state index in [0.717, 1.165) is 21.8 Å². The molecule has 0 saturated carbocycles. The summed E-state index contributed by atoms with van der Waals surface area (Å²) in [6.45, 7) is 4.06. The van der Waals surface area contributed by atoms with Crippen molar-refractivity contribution in [3.63, 3.8) is 0 Å². The number of anilines is 1. The Hall–Kier alpha value is -3.19. The van der Waals surface area contributed by atoms with E-state index >= 15 is 0 Å². The molecule has 144 valence electrons. The van der Waals surface area contributed by atoms with Crippen LogP contribution in [-0.4, -0.2) is 30.9 Å². The highest BCUT2D eigenvalue weighted by atomic mass is 32.1. The minimum atomic E-state index is -0.454. The molecule has 0 atom stereocenters. The highest BCUT2D eigenvalue weighted by Crippen LogP contribution is 2.27. The number of carbonyl (C=O) groups is 2. The molecule has 0 saturated heterocycles. The van der Waals surface area contributed by atoms with Crippen LogP contribution in [0.3, 0.4) is 0 Å². The van der Waals surface area contributed by atoms with Crippen LogP contribution in [0.4, 0.5) is 5.69 Å². The van der Waals surface area contributed by atoms with Gasteiger partial charge in [0.05, 0.1) is 0 Å². The van der Waals surface area contributed by atoms with Crippen LogP contribution < -0.4 is 15.8 Å². The molecule has 3 aromatic rings. The zero-order valence-electron chi connectivity index (χ0n) is 16.2. The molecule has 2 N–H and O–H groups in total. The summed E-state index contributed by atoms with van der Waals surface area (Å²) in [6.07, 6.45) is 0. The molecule has 3 rings (SSSR count). The number of benzene rings is 2. The number of hydrogen-bond acceptors (Lipinski definition) is 5. The van der Waals surface area contributed by atoms with Gasteiger partial charge in [0.15, 0.2) is 0 Å². The fourth-order valence-electron chi connectivity index (χ4n) is 2.73. The summed E-state index contributed by atoms with van der Waals surface area (Å²) in [6, 6.07) is 13.2. The van der Waals surface area contributed by atoms with Crippen LogP contribution in [0, 0.1) is 13.8 Å². The summed E-state index contributed by atoms with van der Waals surface area (Å²) >= 11 is 1.40. The van der Waals surface area contributed by atoms with Crippen molar-refractivity contribution in [2.75, 3.05) is 19.0 Å². The number of nitrogens with zero attached hydrogens (tertiary/aromatic N) is 2. The van der Waals surface area contributed by atoms with Crippen molar-refractivity contribution in [2.45, 2.75) is 13.8 Å². The Balaban J connectivity index is 1.66. The number of nitrogens with one attached hydrogen (secondary N) is 2. The lowest BCUT2D eigenvalue weighted by Gasteiger charge is -2.13. The Bertz CT molecular complexity index is 1030. The van der Waals surface area contributed by atoms with Gasteiger partial charge in [-0.3, -0.25) is 20.4 Å². The summed E-state index contributed by atoms with van der Waals surface area (Å²) in [7, 11) is 3.79. The Morgan fingerprint density at radius 1 is 1.00 bits per heavy atom. The first-order valence-electron chi connectivity index (χ1n) is 8.76. The van der Waals surface area contributed by atoms with E-state index in [2.05, 4.69) is 21.9 Å². The first-order valence-corrected chi connectivity index (χ1v) is 9.64. The number of aromatic nitrogens is 1. The lowest BCUT2D eigenvalue weighted by atomic mass is 10.1. The van der Waals surface area contributed by atoms with Crippen molar-refractivity contribution < 1.29 is 9.59 Å². The average Bonchev–Trinajstić information content (AvgIpc) is 3.15. The minimum absolute atomic E-state index is 0.266. The highest BCUT2D eigenvalue weighted by molar-refractivity contribution is 7.13. The number of rotatable bonds is 4. The number of hydrogen-bond donors (Lipinski definition) is 2. The van der Waals surface area contributed by atoms with Gasteiger partial charge in [0.1, 0.15) is 10.7 Å². The number of carbonyl (C=O) groups excluding carboxylic acids is 2. The second-order valence-corrected chi connectivity index (χ2v) is 7.57. The fraction of sp³-hybridized carbons (Fsp3) is 0.190. The lowest BCUT2D eigenvalue weighted by molar-refractivity contribution is 0.0844. The van der Waals surface area contributed by atoms with Gasteiger partial charge in [0.25, 0.3) is 11.8 Å². The molecule has 1 aromatic heterocycles. The van der Waals surface area contributed by atoms with Crippen molar-refractivity contribution in [3.8, 4) is 10.6 Å². The largest absolute Gasteiger partial charge is 0.378 e. The quantitative estimate of drug-likeness (QED) is 0.664. The molecule has 0 unspecified atom stereocenters. The van der Waals surface area contributed by atoms with Crippen LogP contribution in [0.1, 0.15) is 32.0 Å². The van der Waals surface area contributed by atoms with E-state index in [0.29, 0.717) is 5.56 Å². The smallest absolute Gasteiger partial charge is 0.289 e. The zero-order chi connectivity index (χ0) is 20.3. The normalized spacial score (nSPS) is 10.4. The van der Waals surface area contributed by atoms with Crippen molar-refractivity contribution in [2.24, 2.45) is 0 Å². The van der Waals surface area contributed by atoms with Gasteiger partial charge >= 0.3 is 0 Å². The molecule has 2 amide bonds. The van der Waals surface area contributed by atoms with E-state index < -0.39 is 5.91 Å². The van der Waals surface area contributed by atoms with E-state index in [9.17, 15) is 9.59 Å². The van der Waals surface area contributed by atoms with Gasteiger partial charge in [-0.1, -0.05) is 29.8 Å². The molecular formula is C21H22N4O2S. The van der Waals surface area contributed by atoms with Gasteiger partial charge in [0.2, 0.25) is 0 Å². The van der Waals surface area contributed by atoms with Crippen molar-refractivity contribution in [1.29, 1.82) is 0 Å². The molecule has 0 aliphatic heterocycles. The third-order valence-corrected chi connectivity index (χ3v) is 5.14. The van der Waals surface area contributed by atoms with E-state index in [4.69, 9.17) is 0 Å². The van der Waals surface area contributed by atoms with E-state index in [-0.39, 0.29) is 11.6 Å². The maximum absolute atomic E-state index is 12.3. The molecule has 6 nitrogen and oxygen atoms in total. The van der Waals surface area contributed by atoms with Gasteiger partial charge in [-0.15, -0.1) is 11.3 Å². The molecule has 0 aliphatic rings. The first-order chi connectivity index (χ1) is 13.3. The molecule has 0 radical (unpaired) electrons. The molecule has 1 heterocycles. The van der Waals surface area contributed by atoms with E-state index in [1.54, 1.807) is 23.6 Å². The predicted octanol–water partition coefficient (Wildman–Crippen LogP) is 3.57. The topological polar surface area (TPSA) is 74.3 Å². The third kappa shape index (κ3) is 4.37. The summed E-state index contributed by atoms with van der Waals surface area (Å²) in [5.74, 6) is -0.841. The van der Waals surface area contributed by atoms with E-state index in [1.165, 1.54) is 16.9 Å². The number of amides is 2. The van der Waals surface area contributed by atoms with Crippen molar-refractivity contribution >= 4 is 28.8 Å². The summed E-state index contributed by atoms with van der Waals surface area (Å²) in [5, 5.41) is 2.45. The Morgan fingerprint density at radius 3 is 2.46 bits per heavy atom. The maximum atomic E-state index is 12.3. The van der Waals surface area contributed by atoms with Gasteiger partial charge in [-0.25, -0.2) is 4.98 Å². The molecule has 28 heavy (non-hydrogen) atoms. The summed E-state index contributed by atoms with van der Waals surface area (Å²) < 4.78 is 0. The van der Waals surface area contributed by atoms with E-state index in [1.807, 2.05) is 51.0 Å². The van der Waals surface area contributed by atoms with Crippen LogP contribution in [0.2, 0.25) is 0 Å². The van der Waals surface area contributed by atoms with Crippen LogP contribution in [-0.2, 0) is 0 Å². The molecule has 0 fully saturated rings. The standard InChI is InChI=1S/C21H22N4O2S/c1-13-8-9-17(14(2)10-13)21-22-18(12-28-21)20(27)24-23-19(26)15-6-5-7-16(11-15)25(3)4/h5-12H,1-4H3,(H,23,26)(H,24,27). The van der Waals surface area contributed by atoms with Crippen molar-refractivity contribution in [3.05, 3.63) is 70.2 Å². The molecule has 0 aliphatic carbocycles. The average molecular weight is 395 g/mol. The molecule has 0 spiro atoms. The number of thiazole rings is 1. The maximum Gasteiger partial charge on any atom is 0.289 e. The second kappa shape index (κ2) is 8.22. The molecule has 7 heteroatoms. The monoisotopic (exact) mass is 394 g/mol. The highest BCUT2D eigenvalue weighted by Gasteiger charge is 2.14. The number of aryl methyl sites for hydroxylation is 2. The fourth-order valence-corrected chi connectivity index (χ4v) is 3.62. The summed E-state index contributed by atoms with van der Waals surface area (Å²) in [4.78, 5) is 31.0. The number of hydrazine groups is 1. The molecular weight excluding hydrogens is 372 g/mol. The Morgan fingerprint density at radius 2 is 1.75 bits per heavy atom. The first kappa shape index (κ1) is 19.6. The minimum Gasteiger partial charge on any atom is -0.378 e. The summed E-state index contributed by atoms with van der Waals surface area (Å²) in [5.41, 5.74) is 9.77. The third-order valence-electron chi connectivity index (χ3n) is 4.26. The molecule has 0 bridgehead atoms. The second-order valence-electron chi connectivity index (χ2n) is 6.71. The van der Waals surface area contributed by atoms with Gasteiger partial charge in [0, 0.05) is 36.3 Å². The Kier molecular flexibility index (Phi) is 5.75. The molecule has 2 aromatic carbocycles. The van der Waals surface area contributed by atoms with Crippen LogP contribution in [0.15, 0.2) is 47.8 Å². The Labute approximate surface area is 168 Å². The van der Waals surface area contributed by atoms with Gasteiger partial charge in [-0.2, -0.15) is 0 Å². The van der Waals surface area contributed by atoms with Crippen molar-refractivity contribution in [1.82, 2.24) is 15.8 Å². The van der Waals surface area contributed by atoms with Crippen LogP contribution >= 0.6 is 11.3 Å². The van der Waals surface area contributed by atoms with Gasteiger partial charge in [-0.05, 0) is 37.6 Å². The SMILES string of the molecule is Cc1ccc(-c2nc(C(=O)NNC(=O)c3cccc(N(C)C)c3)cs2)c(C)c1. The zero-order valence-corrected chi connectivity index (χ0v) is 17.1. The predicted molar refractivity (Wildman–Crippen MR) is 113 cm³/mol. The van der Waals surface area contributed by atoms with Crippen LogP contribution in [0.25, 0.3) is 10.6 Å². The lowest BCUT2D eigenvalue weighted by Crippen LogP contribution is -2.41.